The molecule has 3 rings (SSSR count). The lowest BCUT2D eigenvalue weighted by Gasteiger charge is -2.41. The lowest BCUT2D eigenvalue weighted by molar-refractivity contribution is 0.103. The van der Waals surface area contributed by atoms with Crippen molar-refractivity contribution in [3.63, 3.8) is 0 Å². The Kier molecular flexibility index (Phi) is 5.07. The van der Waals surface area contributed by atoms with E-state index in [0.29, 0.717) is 12.0 Å². The van der Waals surface area contributed by atoms with Crippen LogP contribution >= 0.6 is 0 Å². The zero-order valence-electron chi connectivity index (χ0n) is 13.0. The minimum Gasteiger partial charge on any atom is -0.314 e. The molecule has 1 atom stereocenters. The fourth-order valence-corrected chi connectivity index (χ4v) is 4.00. The van der Waals surface area contributed by atoms with Crippen molar-refractivity contribution in [3.8, 4) is 6.07 Å². The summed E-state index contributed by atoms with van der Waals surface area (Å²) in [5.41, 5.74) is 1.29. The lowest BCUT2D eigenvalue weighted by atomic mass is 9.80. The van der Waals surface area contributed by atoms with Gasteiger partial charge in [0.05, 0.1) is 5.56 Å². The van der Waals surface area contributed by atoms with E-state index in [9.17, 15) is 4.39 Å². The van der Waals surface area contributed by atoms with Gasteiger partial charge in [-0.05, 0) is 36.5 Å². The number of hydrogen-bond donors (Lipinski definition) is 1. The second-order valence-corrected chi connectivity index (χ2v) is 6.48. The van der Waals surface area contributed by atoms with Gasteiger partial charge in [0, 0.05) is 32.2 Å². The summed E-state index contributed by atoms with van der Waals surface area (Å²) in [6.45, 7) is 4.08. The number of nitrogens with zero attached hydrogens (tertiary/aromatic N) is 2. The Morgan fingerprint density at radius 2 is 1.91 bits per heavy atom. The molecular weight excluding hydrogens is 277 g/mol. The minimum absolute atomic E-state index is 0.174. The standard InChI is InChI=1S/C18H24FN3/c19-17-7-6-15(12-16(17)13-20)18(14-4-2-1-3-5-14)22-10-8-21-9-11-22/h6-7,12,14,18,21H,1-5,8-11H2/t18-/m1/s1. The summed E-state index contributed by atoms with van der Waals surface area (Å²) in [4.78, 5) is 2.53. The third-order valence-corrected chi connectivity index (χ3v) is 5.09. The molecule has 0 aromatic heterocycles. The zero-order valence-corrected chi connectivity index (χ0v) is 13.0. The van der Waals surface area contributed by atoms with Gasteiger partial charge in [0.2, 0.25) is 0 Å². The molecule has 22 heavy (non-hydrogen) atoms. The fourth-order valence-electron chi connectivity index (χ4n) is 4.00. The Hall–Kier alpha value is -1.44. The summed E-state index contributed by atoms with van der Waals surface area (Å²) >= 11 is 0. The van der Waals surface area contributed by atoms with Gasteiger partial charge in [0.15, 0.2) is 0 Å². The van der Waals surface area contributed by atoms with Gasteiger partial charge >= 0.3 is 0 Å². The summed E-state index contributed by atoms with van der Waals surface area (Å²) in [7, 11) is 0. The van der Waals surface area contributed by atoms with Crippen molar-refractivity contribution in [2.75, 3.05) is 26.2 Å². The van der Waals surface area contributed by atoms with Gasteiger partial charge in [-0.15, -0.1) is 0 Å². The van der Waals surface area contributed by atoms with Crippen LogP contribution in [0.1, 0.15) is 49.3 Å². The van der Waals surface area contributed by atoms with Crippen molar-refractivity contribution in [3.05, 3.63) is 35.1 Å². The van der Waals surface area contributed by atoms with Crippen LogP contribution in [-0.2, 0) is 0 Å². The molecule has 3 nitrogen and oxygen atoms in total. The molecule has 118 valence electrons. The molecule has 0 radical (unpaired) electrons. The molecule has 2 aliphatic rings. The largest absolute Gasteiger partial charge is 0.314 e. The molecule has 1 aliphatic carbocycles. The second kappa shape index (κ2) is 7.21. The van der Waals surface area contributed by atoms with Crippen molar-refractivity contribution < 1.29 is 4.39 Å². The number of hydrogen-bond acceptors (Lipinski definition) is 3. The van der Waals surface area contributed by atoms with Gasteiger partial charge in [0.25, 0.3) is 0 Å². The molecule has 0 spiro atoms. The smallest absolute Gasteiger partial charge is 0.140 e. The van der Waals surface area contributed by atoms with E-state index in [1.54, 1.807) is 6.07 Å². The molecule has 4 heteroatoms. The Balaban J connectivity index is 1.91. The first kappa shape index (κ1) is 15.5. The molecule has 0 unspecified atom stereocenters. The third-order valence-electron chi connectivity index (χ3n) is 5.09. The van der Waals surface area contributed by atoms with E-state index in [1.165, 1.54) is 38.2 Å². The summed E-state index contributed by atoms with van der Waals surface area (Å²) in [6.07, 6.45) is 6.40. The topological polar surface area (TPSA) is 39.1 Å². The first-order valence-corrected chi connectivity index (χ1v) is 8.44. The maximum absolute atomic E-state index is 13.7. The molecule has 2 fully saturated rings. The fraction of sp³-hybridized carbons (Fsp3) is 0.611. The number of nitriles is 1. The van der Waals surface area contributed by atoms with Crippen LogP contribution < -0.4 is 5.32 Å². The van der Waals surface area contributed by atoms with Crippen molar-refractivity contribution in [2.45, 2.75) is 38.1 Å². The second-order valence-electron chi connectivity index (χ2n) is 6.48. The monoisotopic (exact) mass is 301 g/mol. The first-order valence-electron chi connectivity index (χ1n) is 8.44. The average molecular weight is 301 g/mol. The number of piperazine rings is 1. The number of halogens is 1. The Morgan fingerprint density at radius 3 is 2.59 bits per heavy atom. The van der Waals surface area contributed by atoms with E-state index in [1.807, 2.05) is 12.1 Å². The molecule has 0 bridgehead atoms. The van der Waals surface area contributed by atoms with E-state index in [4.69, 9.17) is 5.26 Å². The molecule has 1 aromatic rings. The third kappa shape index (κ3) is 3.31. The van der Waals surface area contributed by atoms with E-state index in [0.717, 1.165) is 31.7 Å². The molecule has 1 aromatic carbocycles. The summed E-state index contributed by atoms with van der Waals surface area (Å²) in [6, 6.07) is 7.44. The van der Waals surface area contributed by atoms with Crippen LogP contribution in [-0.4, -0.2) is 31.1 Å². The van der Waals surface area contributed by atoms with Crippen LogP contribution in [0.25, 0.3) is 0 Å². The van der Waals surface area contributed by atoms with Crippen LogP contribution in [0.4, 0.5) is 4.39 Å². The minimum atomic E-state index is -0.408. The van der Waals surface area contributed by atoms with Gasteiger partial charge in [0.1, 0.15) is 11.9 Å². The highest BCUT2D eigenvalue weighted by Gasteiger charge is 2.31. The molecular formula is C18H24FN3. The molecule has 1 saturated carbocycles. The Bertz CT molecular complexity index is 522. The van der Waals surface area contributed by atoms with Crippen LogP contribution in [0.15, 0.2) is 18.2 Å². The molecule has 0 amide bonds. The zero-order chi connectivity index (χ0) is 15.4. The van der Waals surface area contributed by atoms with Crippen molar-refractivity contribution >= 4 is 0 Å². The van der Waals surface area contributed by atoms with Gasteiger partial charge in [-0.1, -0.05) is 25.3 Å². The number of benzene rings is 1. The highest BCUT2D eigenvalue weighted by molar-refractivity contribution is 5.36. The molecule has 1 heterocycles. The van der Waals surface area contributed by atoms with Crippen molar-refractivity contribution in [1.29, 1.82) is 5.26 Å². The van der Waals surface area contributed by atoms with E-state index < -0.39 is 5.82 Å². The predicted molar refractivity (Wildman–Crippen MR) is 84.9 cm³/mol. The average Bonchev–Trinajstić information content (AvgIpc) is 2.58. The summed E-state index contributed by atoms with van der Waals surface area (Å²) < 4.78 is 13.7. The van der Waals surface area contributed by atoms with E-state index in [2.05, 4.69) is 10.2 Å². The highest BCUT2D eigenvalue weighted by atomic mass is 19.1. The predicted octanol–water partition coefficient (Wildman–Crippen LogP) is 3.22. The van der Waals surface area contributed by atoms with Gasteiger partial charge in [-0.3, -0.25) is 4.90 Å². The summed E-state index contributed by atoms with van der Waals surface area (Å²) in [5.74, 6) is 0.220. The maximum atomic E-state index is 13.7. The quantitative estimate of drug-likeness (QED) is 0.931. The summed E-state index contributed by atoms with van der Waals surface area (Å²) in [5, 5.41) is 12.5. The van der Waals surface area contributed by atoms with E-state index in [-0.39, 0.29) is 5.56 Å². The van der Waals surface area contributed by atoms with Crippen LogP contribution in [0.2, 0.25) is 0 Å². The maximum Gasteiger partial charge on any atom is 0.140 e. The van der Waals surface area contributed by atoms with Crippen LogP contribution in [0.3, 0.4) is 0 Å². The molecule has 1 saturated heterocycles. The number of rotatable bonds is 3. The van der Waals surface area contributed by atoms with Gasteiger partial charge < -0.3 is 5.32 Å². The van der Waals surface area contributed by atoms with Crippen LogP contribution in [0, 0.1) is 23.1 Å². The highest BCUT2D eigenvalue weighted by Crippen LogP contribution is 2.38. The first-order chi connectivity index (χ1) is 10.8. The van der Waals surface area contributed by atoms with Gasteiger partial charge in [-0.25, -0.2) is 4.39 Å². The van der Waals surface area contributed by atoms with Gasteiger partial charge in [-0.2, -0.15) is 5.26 Å². The van der Waals surface area contributed by atoms with E-state index >= 15 is 0 Å². The number of nitrogens with one attached hydrogen (secondary N) is 1. The normalized spacial score (nSPS) is 22.2. The Labute approximate surface area is 132 Å². The SMILES string of the molecule is N#Cc1cc([C@@H](C2CCCCC2)N2CCNCC2)ccc1F. The lowest BCUT2D eigenvalue weighted by Crippen LogP contribution is -2.47. The van der Waals surface area contributed by atoms with Crippen molar-refractivity contribution in [2.24, 2.45) is 5.92 Å². The molecule has 1 aliphatic heterocycles. The Morgan fingerprint density at radius 1 is 1.18 bits per heavy atom. The van der Waals surface area contributed by atoms with Crippen LogP contribution in [0.5, 0.6) is 0 Å². The molecule has 1 N–H and O–H groups in total. The van der Waals surface area contributed by atoms with Crippen molar-refractivity contribution in [1.82, 2.24) is 10.2 Å².